The number of hydrogen-bond acceptors (Lipinski definition) is 4. The van der Waals surface area contributed by atoms with E-state index in [1.165, 1.54) is 18.2 Å². The summed E-state index contributed by atoms with van der Waals surface area (Å²) in [5.74, 6) is -1.16. The molecule has 0 radical (unpaired) electrons. The topological polar surface area (TPSA) is 95.5 Å². The van der Waals surface area contributed by atoms with Gasteiger partial charge >= 0.3 is 5.97 Å². The maximum absolute atomic E-state index is 11.9. The monoisotopic (exact) mass is 286 g/mol. The van der Waals surface area contributed by atoms with Crippen LogP contribution in [-0.4, -0.2) is 32.6 Å². The van der Waals surface area contributed by atoms with E-state index in [-0.39, 0.29) is 10.5 Å². The van der Waals surface area contributed by atoms with Crippen molar-refractivity contribution in [3.8, 4) is 0 Å². The summed E-state index contributed by atoms with van der Waals surface area (Å²) in [5.41, 5.74) is 0.352. The molecule has 7 heteroatoms. The van der Waals surface area contributed by atoms with Crippen LogP contribution < -0.4 is 10.0 Å². The number of carboxylic acids is 1. The van der Waals surface area contributed by atoms with Crippen LogP contribution in [0.4, 0.5) is 5.69 Å². The van der Waals surface area contributed by atoms with Gasteiger partial charge in [-0.2, -0.15) is 0 Å². The van der Waals surface area contributed by atoms with E-state index in [0.717, 1.165) is 0 Å². The predicted molar refractivity (Wildman–Crippen MR) is 73.0 cm³/mol. The number of hydrogen-bond donors (Lipinski definition) is 3. The standard InChI is InChI=1S/C12H18N2O4S/c1-3-7-14-19(17,18)9-5-6-11(13-4-2)10(8-9)12(15)16/h5-6,8,13-14H,3-4,7H2,1-2H3,(H,15,16). The van der Waals surface area contributed by atoms with Gasteiger partial charge in [0.15, 0.2) is 0 Å². The molecule has 0 fully saturated rings. The van der Waals surface area contributed by atoms with Gasteiger partial charge in [0.2, 0.25) is 10.0 Å². The predicted octanol–water partition coefficient (Wildman–Crippen LogP) is 1.50. The normalized spacial score (nSPS) is 11.3. The molecular weight excluding hydrogens is 268 g/mol. The highest BCUT2D eigenvalue weighted by Gasteiger charge is 2.18. The van der Waals surface area contributed by atoms with Crippen molar-refractivity contribution >= 4 is 21.7 Å². The Labute approximate surface area is 112 Å². The molecule has 1 rings (SSSR count). The number of nitrogens with one attached hydrogen (secondary N) is 2. The lowest BCUT2D eigenvalue weighted by molar-refractivity contribution is 0.0697. The van der Waals surface area contributed by atoms with Crippen LogP contribution in [0.5, 0.6) is 0 Å². The van der Waals surface area contributed by atoms with Crippen LogP contribution in [0, 0.1) is 0 Å². The first-order valence-corrected chi connectivity index (χ1v) is 7.51. The van der Waals surface area contributed by atoms with Crippen LogP contribution in [0.15, 0.2) is 23.1 Å². The Morgan fingerprint density at radius 1 is 1.32 bits per heavy atom. The van der Waals surface area contributed by atoms with E-state index in [1.54, 1.807) is 0 Å². The molecule has 106 valence electrons. The van der Waals surface area contributed by atoms with Crippen molar-refractivity contribution < 1.29 is 18.3 Å². The number of anilines is 1. The summed E-state index contributed by atoms with van der Waals surface area (Å²) in [6.07, 6.45) is 0.667. The minimum absolute atomic E-state index is 0.0417. The van der Waals surface area contributed by atoms with Crippen LogP contribution in [0.25, 0.3) is 0 Å². The van der Waals surface area contributed by atoms with Crippen LogP contribution >= 0.6 is 0 Å². The van der Waals surface area contributed by atoms with Gasteiger partial charge in [-0.25, -0.2) is 17.9 Å². The third kappa shape index (κ3) is 3.93. The lowest BCUT2D eigenvalue weighted by Crippen LogP contribution is -2.24. The zero-order valence-electron chi connectivity index (χ0n) is 10.9. The number of aromatic carboxylic acids is 1. The number of carboxylic acid groups (broad SMARTS) is 1. The second kappa shape index (κ2) is 6.53. The minimum Gasteiger partial charge on any atom is -0.478 e. The molecule has 0 aromatic heterocycles. The second-order valence-electron chi connectivity index (χ2n) is 3.94. The van der Waals surface area contributed by atoms with E-state index < -0.39 is 16.0 Å². The fourth-order valence-electron chi connectivity index (χ4n) is 1.53. The van der Waals surface area contributed by atoms with Gasteiger partial charge in [0.25, 0.3) is 0 Å². The summed E-state index contributed by atoms with van der Waals surface area (Å²) in [6, 6.07) is 4.02. The van der Waals surface area contributed by atoms with Crippen molar-refractivity contribution in [3.63, 3.8) is 0 Å². The largest absolute Gasteiger partial charge is 0.478 e. The lowest BCUT2D eigenvalue weighted by atomic mass is 10.2. The van der Waals surface area contributed by atoms with Crippen molar-refractivity contribution in [2.75, 3.05) is 18.4 Å². The zero-order valence-corrected chi connectivity index (χ0v) is 11.8. The number of benzene rings is 1. The molecule has 1 aromatic rings. The van der Waals surface area contributed by atoms with Crippen molar-refractivity contribution in [2.45, 2.75) is 25.2 Å². The molecule has 1 aromatic carbocycles. The number of sulfonamides is 1. The molecular formula is C12H18N2O4S. The average Bonchev–Trinajstić information content (AvgIpc) is 2.37. The molecule has 19 heavy (non-hydrogen) atoms. The molecule has 0 spiro atoms. The average molecular weight is 286 g/mol. The summed E-state index contributed by atoms with van der Waals surface area (Å²) < 4.78 is 26.2. The van der Waals surface area contributed by atoms with Crippen molar-refractivity contribution in [2.24, 2.45) is 0 Å². The third-order valence-corrected chi connectivity index (χ3v) is 3.90. The van der Waals surface area contributed by atoms with E-state index in [9.17, 15) is 13.2 Å². The fraction of sp³-hybridized carbons (Fsp3) is 0.417. The molecule has 0 atom stereocenters. The van der Waals surface area contributed by atoms with Crippen molar-refractivity contribution in [1.29, 1.82) is 0 Å². The second-order valence-corrected chi connectivity index (χ2v) is 5.71. The van der Waals surface area contributed by atoms with Gasteiger partial charge in [-0.3, -0.25) is 0 Å². The molecule has 0 heterocycles. The molecule has 0 saturated heterocycles. The Morgan fingerprint density at radius 3 is 2.53 bits per heavy atom. The van der Waals surface area contributed by atoms with Crippen LogP contribution in [0.3, 0.4) is 0 Å². The van der Waals surface area contributed by atoms with Crippen LogP contribution in [-0.2, 0) is 10.0 Å². The van der Waals surface area contributed by atoms with E-state index in [0.29, 0.717) is 25.2 Å². The molecule has 0 saturated carbocycles. The van der Waals surface area contributed by atoms with E-state index in [4.69, 9.17) is 5.11 Å². The highest BCUT2D eigenvalue weighted by Crippen LogP contribution is 2.20. The van der Waals surface area contributed by atoms with E-state index >= 15 is 0 Å². The molecule has 0 aliphatic heterocycles. The SMILES string of the molecule is CCCNS(=O)(=O)c1ccc(NCC)c(C(=O)O)c1. The summed E-state index contributed by atoms with van der Waals surface area (Å²) in [5, 5.41) is 12.0. The van der Waals surface area contributed by atoms with Gasteiger partial charge in [0, 0.05) is 18.8 Å². The van der Waals surface area contributed by atoms with E-state index in [1.807, 2.05) is 13.8 Å². The molecule has 3 N–H and O–H groups in total. The lowest BCUT2D eigenvalue weighted by Gasteiger charge is -2.10. The Hall–Kier alpha value is -1.60. The molecule has 6 nitrogen and oxygen atoms in total. The first kappa shape index (κ1) is 15.5. The Morgan fingerprint density at radius 2 is 2.00 bits per heavy atom. The maximum Gasteiger partial charge on any atom is 0.337 e. The minimum atomic E-state index is -3.65. The number of rotatable bonds is 7. The number of carbonyl (C=O) groups is 1. The summed E-state index contributed by atoms with van der Waals surface area (Å²) in [6.45, 7) is 4.55. The Bertz CT molecular complexity index is 555. The zero-order chi connectivity index (χ0) is 14.5. The Kier molecular flexibility index (Phi) is 5.31. The van der Waals surface area contributed by atoms with Crippen molar-refractivity contribution in [1.82, 2.24) is 4.72 Å². The summed E-state index contributed by atoms with van der Waals surface area (Å²) >= 11 is 0. The van der Waals surface area contributed by atoms with Crippen molar-refractivity contribution in [3.05, 3.63) is 23.8 Å². The van der Waals surface area contributed by atoms with Crippen LogP contribution in [0.1, 0.15) is 30.6 Å². The van der Waals surface area contributed by atoms with Gasteiger partial charge in [-0.1, -0.05) is 6.92 Å². The highest BCUT2D eigenvalue weighted by molar-refractivity contribution is 7.89. The van der Waals surface area contributed by atoms with Gasteiger partial charge < -0.3 is 10.4 Å². The van der Waals surface area contributed by atoms with Crippen LogP contribution in [0.2, 0.25) is 0 Å². The smallest absolute Gasteiger partial charge is 0.337 e. The summed E-state index contributed by atoms with van der Waals surface area (Å²) in [4.78, 5) is 11.1. The quantitative estimate of drug-likeness (QED) is 0.706. The molecule has 0 bridgehead atoms. The molecule has 0 unspecified atom stereocenters. The van der Waals surface area contributed by atoms with Gasteiger partial charge in [-0.15, -0.1) is 0 Å². The first-order valence-electron chi connectivity index (χ1n) is 6.03. The maximum atomic E-state index is 11.9. The molecule has 0 aliphatic rings. The van der Waals surface area contributed by atoms with Gasteiger partial charge in [0.1, 0.15) is 0 Å². The van der Waals surface area contributed by atoms with Gasteiger partial charge in [-0.05, 0) is 31.5 Å². The third-order valence-electron chi connectivity index (χ3n) is 2.44. The molecule has 0 aliphatic carbocycles. The molecule has 0 amide bonds. The Balaban J connectivity index is 3.18. The van der Waals surface area contributed by atoms with E-state index in [2.05, 4.69) is 10.0 Å². The van der Waals surface area contributed by atoms with Gasteiger partial charge in [0.05, 0.1) is 10.5 Å². The summed E-state index contributed by atoms with van der Waals surface area (Å²) in [7, 11) is -3.65. The first-order chi connectivity index (χ1) is 8.92. The highest BCUT2D eigenvalue weighted by atomic mass is 32.2. The fourth-order valence-corrected chi connectivity index (χ4v) is 2.69.